The number of aromatic nitrogens is 4. The van der Waals surface area contributed by atoms with Crippen LogP contribution in [0.3, 0.4) is 0 Å². The maximum atomic E-state index is 5.92. The summed E-state index contributed by atoms with van der Waals surface area (Å²) in [6.45, 7) is 21.1. The Morgan fingerprint density at radius 3 is 1.60 bits per heavy atom. The van der Waals surface area contributed by atoms with Crippen molar-refractivity contribution in [2.75, 3.05) is 0 Å². The monoisotopic (exact) mass is 864 g/mol. The molecule has 0 N–H and O–H groups in total. The maximum Gasteiger partial charge on any atom is 0.146 e. The summed E-state index contributed by atoms with van der Waals surface area (Å²) in [7, 11) is 0. The molecule has 4 heteroatoms. The summed E-state index contributed by atoms with van der Waals surface area (Å²) in [5.41, 5.74) is 18.0. The SMILES string of the molecule is CC(C)(C)c1cc(-c2ccc3c(c2)c2ccccc2n3-c2ccccc2)c2c(c1)c1cc(C(C)(C)C)cc3c4nc5c(cc4n2c13)c1cc(C(C)(C)C)cc2c3cc4ccccc4cc3n5c21. The van der Waals surface area contributed by atoms with E-state index in [-0.39, 0.29) is 16.2 Å². The maximum absolute atomic E-state index is 5.92. The minimum atomic E-state index is -0.0789. The minimum Gasteiger partial charge on any atom is -0.309 e. The van der Waals surface area contributed by atoms with Crippen LogP contribution in [-0.4, -0.2) is 18.4 Å². The molecule has 6 aromatic heterocycles. The van der Waals surface area contributed by atoms with Crippen molar-refractivity contribution in [3.05, 3.63) is 168 Å². The molecule has 0 aliphatic heterocycles. The highest BCUT2D eigenvalue weighted by Crippen LogP contribution is 2.49. The molecule has 0 atom stereocenters. The van der Waals surface area contributed by atoms with Gasteiger partial charge in [-0.1, -0.05) is 129 Å². The van der Waals surface area contributed by atoms with Crippen molar-refractivity contribution < 1.29 is 0 Å². The van der Waals surface area contributed by atoms with Gasteiger partial charge in [-0.15, -0.1) is 0 Å². The summed E-state index contributed by atoms with van der Waals surface area (Å²) < 4.78 is 7.49. The van der Waals surface area contributed by atoms with Gasteiger partial charge >= 0.3 is 0 Å². The molecule has 14 rings (SSSR count). The standard InChI is InChI=1S/C63H52N4/c1-61(2,3)38-28-43(37-23-24-53-44(26-37)42-21-15-16-22-52(42)65(53)41-19-11-10-12-20-41)57-47(30-38)48-31-40(63(7,8)9)33-51-56-55(66(57)59(48)51)34-50-49-32-39(62(4,5)6)29-46-45-25-35-17-13-14-18-36(35)27-54(45)67(58(46)49)60(50)64-56/h10-34H,1-9H3. The Kier molecular flexibility index (Phi) is 7.36. The van der Waals surface area contributed by atoms with Crippen molar-refractivity contribution in [2.24, 2.45) is 0 Å². The summed E-state index contributed by atoms with van der Waals surface area (Å²) in [6.07, 6.45) is 0. The minimum absolute atomic E-state index is 0.0422. The van der Waals surface area contributed by atoms with E-state index in [1.807, 2.05) is 0 Å². The van der Waals surface area contributed by atoms with Gasteiger partial charge in [0, 0.05) is 59.7 Å². The van der Waals surface area contributed by atoms with E-state index in [0.717, 1.165) is 16.7 Å². The first kappa shape index (κ1) is 38.8. The zero-order chi connectivity index (χ0) is 45.6. The lowest BCUT2D eigenvalue weighted by Crippen LogP contribution is -2.11. The Morgan fingerprint density at radius 2 is 0.896 bits per heavy atom. The molecule has 0 saturated heterocycles. The second-order valence-corrected chi connectivity index (χ2v) is 22.5. The van der Waals surface area contributed by atoms with Gasteiger partial charge in [0.2, 0.25) is 0 Å². The third-order valence-electron chi connectivity index (χ3n) is 15.3. The van der Waals surface area contributed by atoms with Crippen LogP contribution in [0, 0.1) is 0 Å². The van der Waals surface area contributed by atoms with E-state index < -0.39 is 0 Å². The van der Waals surface area contributed by atoms with Crippen molar-refractivity contribution in [3.8, 4) is 16.8 Å². The molecule has 324 valence electrons. The third kappa shape index (κ3) is 5.22. The highest BCUT2D eigenvalue weighted by Gasteiger charge is 2.30. The second kappa shape index (κ2) is 12.7. The number of rotatable bonds is 2. The number of benzene rings is 8. The highest BCUT2D eigenvalue weighted by atomic mass is 15.0. The molecule has 0 bridgehead atoms. The van der Waals surface area contributed by atoms with Crippen LogP contribution in [0.15, 0.2) is 152 Å². The molecule has 0 spiro atoms. The Morgan fingerprint density at radius 1 is 0.358 bits per heavy atom. The average Bonchev–Trinajstić information content (AvgIpc) is 4.09. The number of hydrogen-bond acceptors (Lipinski definition) is 1. The van der Waals surface area contributed by atoms with Crippen molar-refractivity contribution in [1.29, 1.82) is 0 Å². The molecule has 6 heterocycles. The van der Waals surface area contributed by atoms with E-state index >= 15 is 0 Å². The van der Waals surface area contributed by atoms with Gasteiger partial charge in [-0.3, -0.25) is 4.40 Å². The Hall–Kier alpha value is -7.43. The smallest absolute Gasteiger partial charge is 0.146 e. The number of nitrogens with zero attached hydrogens (tertiary/aromatic N) is 4. The molecule has 0 saturated carbocycles. The first-order valence-corrected chi connectivity index (χ1v) is 24.0. The summed E-state index contributed by atoms with van der Waals surface area (Å²) in [4.78, 5) is 5.92. The van der Waals surface area contributed by atoms with Gasteiger partial charge in [0.25, 0.3) is 0 Å². The molecule has 0 amide bonds. The Bertz CT molecular complexity index is 4420. The highest BCUT2D eigenvalue weighted by molar-refractivity contribution is 6.29. The van der Waals surface area contributed by atoms with Crippen LogP contribution >= 0.6 is 0 Å². The van der Waals surface area contributed by atoms with Crippen molar-refractivity contribution in [1.82, 2.24) is 18.4 Å². The first-order chi connectivity index (χ1) is 32.1. The zero-order valence-corrected chi connectivity index (χ0v) is 39.7. The van der Waals surface area contributed by atoms with Crippen LogP contribution in [0.25, 0.3) is 126 Å². The molecular weight excluding hydrogens is 813 g/mol. The first-order valence-electron chi connectivity index (χ1n) is 24.0. The molecule has 67 heavy (non-hydrogen) atoms. The molecule has 0 unspecified atom stereocenters. The lowest BCUT2D eigenvalue weighted by atomic mass is 9.83. The molecule has 0 aliphatic carbocycles. The van der Waals surface area contributed by atoms with Gasteiger partial charge < -0.3 is 8.97 Å². The fourth-order valence-corrected chi connectivity index (χ4v) is 11.7. The molecule has 0 fully saturated rings. The fraction of sp³-hybridized carbons (Fsp3) is 0.190. The van der Waals surface area contributed by atoms with Crippen LogP contribution in [-0.2, 0) is 16.2 Å². The van der Waals surface area contributed by atoms with Gasteiger partial charge in [0.15, 0.2) is 0 Å². The van der Waals surface area contributed by atoms with Gasteiger partial charge in [0.1, 0.15) is 5.65 Å². The third-order valence-corrected chi connectivity index (χ3v) is 15.3. The summed E-state index contributed by atoms with van der Waals surface area (Å²) in [5, 5.41) is 13.9. The van der Waals surface area contributed by atoms with Gasteiger partial charge in [-0.25, -0.2) is 4.98 Å². The van der Waals surface area contributed by atoms with Crippen LogP contribution in [0.1, 0.15) is 79.0 Å². The number of hydrogen-bond donors (Lipinski definition) is 0. The average molecular weight is 865 g/mol. The van der Waals surface area contributed by atoms with Crippen molar-refractivity contribution >= 4 is 109 Å². The molecule has 8 aromatic carbocycles. The Balaban J connectivity index is 1.16. The van der Waals surface area contributed by atoms with Crippen molar-refractivity contribution in [3.63, 3.8) is 0 Å². The largest absolute Gasteiger partial charge is 0.309 e. The molecule has 4 nitrogen and oxygen atoms in total. The van der Waals surface area contributed by atoms with E-state index in [1.54, 1.807) is 0 Å². The molecule has 0 aliphatic rings. The van der Waals surface area contributed by atoms with E-state index in [4.69, 9.17) is 4.98 Å². The van der Waals surface area contributed by atoms with E-state index in [0.29, 0.717) is 0 Å². The topological polar surface area (TPSA) is 26.6 Å². The van der Waals surface area contributed by atoms with E-state index in [9.17, 15) is 0 Å². The van der Waals surface area contributed by atoms with Crippen LogP contribution in [0.2, 0.25) is 0 Å². The predicted octanol–water partition coefficient (Wildman–Crippen LogP) is 17.2. The quantitative estimate of drug-likeness (QED) is 0.170. The number of pyridine rings is 1. The lowest BCUT2D eigenvalue weighted by Gasteiger charge is -2.22. The summed E-state index contributed by atoms with van der Waals surface area (Å²) >= 11 is 0. The Labute approximate surface area is 389 Å². The van der Waals surface area contributed by atoms with Crippen LogP contribution in [0.4, 0.5) is 0 Å². The lowest BCUT2D eigenvalue weighted by molar-refractivity contribution is 0.591. The fourth-order valence-electron chi connectivity index (χ4n) is 11.7. The van der Waals surface area contributed by atoms with Crippen LogP contribution in [0.5, 0.6) is 0 Å². The van der Waals surface area contributed by atoms with Gasteiger partial charge in [-0.2, -0.15) is 0 Å². The number of para-hydroxylation sites is 2. The van der Waals surface area contributed by atoms with E-state index in [1.165, 1.54) is 126 Å². The summed E-state index contributed by atoms with van der Waals surface area (Å²) in [5.74, 6) is 0. The number of fused-ring (bicyclic) bond motifs is 16. The van der Waals surface area contributed by atoms with Gasteiger partial charge in [-0.05, 0) is 134 Å². The van der Waals surface area contributed by atoms with Gasteiger partial charge in [0.05, 0.1) is 44.1 Å². The normalized spacial score (nSPS) is 13.4. The second-order valence-electron chi connectivity index (χ2n) is 22.5. The van der Waals surface area contributed by atoms with Crippen LogP contribution < -0.4 is 0 Å². The predicted molar refractivity (Wildman–Crippen MR) is 287 cm³/mol. The molecule has 14 aromatic rings. The summed E-state index contributed by atoms with van der Waals surface area (Å²) in [6, 6.07) is 57.7. The molecular formula is C63H52N4. The zero-order valence-electron chi connectivity index (χ0n) is 39.7. The van der Waals surface area contributed by atoms with Crippen molar-refractivity contribution in [2.45, 2.75) is 78.6 Å². The van der Waals surface area contributed by atoms with E-state index in [2.05, 4.69) is 227 Å². The molecule has 0 radical (unpaired) electrons.